The number of rotatable bonds is 6. The summed E-state index contributed by atoms with van der Waals surface area (Å²) in [5.41, 5.74) is 1.09. The van der Waals surface area contributed by atoms with E-state index in [0.717, 1.165) is 23.6 Å². The number of nitrogens with zero attached hydrogens (tertiary/aromatic N) is 1. The van der Waals surface area contributed by atoms with E-state index in [0.29, 0.717) is 6.04 Å². The smallest absolute Gasteiger partial charge is 0.111 e. The minimum atomic E-state index is 0.286. The number of aromatic nitrogens is 1. The van der Waals surface area contributed by atoms with E-state index in [4.69, 9.17) is 4.74 Å². The van der Waals surface area contributed by atoms with Crippen LogP contribution in [0.15, 0.2) is 24.3 Å². The van der Waals surface area contributed by atoms with Crippen LogP contribution in [0, 0.1) is 0 Å². The highest BCUT2D eigenvalue weighted by Gasteiger charge is 2.13. The first-order valence-electron chi connectivity index (χ1n) is 6.31. The standard InChI is InChI=1S/C14H20N2OS/c1-10(8-9-17-3)15-11(2)14-16-12-6-4-5-7-13(12)18-14/h4-7,10-11,15H,8-9H2,1-3H3. The molecule has 0 aliphatic heterocycles. The van der Waals surface area contributed by atoms with Crippen molar-refractivity contribution in [2.75, 3.05) is 13.7 Å². The van der Waals surface area contributed by atoms with Crippen LogP contribution in [0.4, 0.5) is 0 Å². The molecular weight excluding hydrogens is 244 g/mol. The van der Waals surface area contributed by atoms with Crippen molar-refractivity contribution in [2.45, 2.75) is 32.4 Å². The number of fused-ring (bicyclic) bond motifs is 1. The van der Waals surface area contributed by atoms with Crippen LogP contribution in [0.1, 0.15) is 31.3 Å². The number of nitrogens with one attached hydrogen (secondary N) is 1. The first kappa shape index (κ1) is 13.5. The molecule has 0 saturated carbocycles. The zero-order valence-corrected chi connectivity index (χ0v) is 12.0. The molecule has 2 atom stereocenters. The van der Waals surface area contributed by atoms with Gasteiger partial charge in [-0.05, 0) is 32.4 Å². The van der Waals surface area contributed by atoms with Gasteiger partial charge in [-0.1, -0.05) is 12.1 Å². The van der Waals surface area contributed by atoms with Crippen molar-refractivity contribution in [3.63, 3.8) is 0 Å². The van der Waals surface area contributed by atoms with Gasteiger partial charge in [0.15, 0.2) is 0 Å². The van der Waals surface area contributed by atoms with Crippen LogP contribution >= 0.6 is 11.3 Å². The minimum Gasteiger partial charge on any atom is -0.385 e. The predicted octanol–water partition coefficient (Wildman–Crippen LogP) is 3.37. The fourth-order valence-electron chi connectivity index (χ4n) is 1.95. The lowest BCUT2D eigenvalue weighted by molar-refractivity contribution is 0.183. The third-order valence-electron chi connectivity index (χ3n) is 2.97. The second-order valence-electron chi connectivity index (χ2n) is 4.59. The molecule has 18 heavy (non-hydrogen) atoms. The summed E-state index contributed by atoms with van der Waals surface area (Å²) < 4.78 is 6.35. The summed E-state index contributed by atoms with van der Waals surface area (Å²) in [5, 5.41) is 4.71. The quantitative estimate of drug-likeness (QED) is 0.868. The molecule has 0 saturated heterocycles. The van der Waals surface area contributed by atoms with Crippen LogP contribution in [0.5, 0.6) is 0 Å². The number of para-hydroxylation sites is 1. The lowest BCUT2D eigenvalue weighted by atomic mass is 10.2. The first-order valence-corrected chi connectivity index (χ1v) is 7.13. The van der Waals surface area contributed by atoms with Gasteiger partial charge in [0.2, 0.25) is 0 Å². The first-order chi connectivity index (χ1) is 8.70. The lowest BCUT2D eigenvalue weighted by Crippen LogP contribution is -2.29. The van der Waals surface area contributed by atoms with Gasteiger partial charge in [0.25, 0.3) is 0 Å². The van der Waals surface area contributed by atoms with Crippen LogP contribution in [-0.2, 0) is 4.74 Å². The molecule has 0 aliphatic rings. The van der Waals surface area contributed by atoms with E-state index in [1.54, 1.807) is 18.4 Å². The van der Waals surface area contributed by atoms with E-state index >= 15 is 0 Å². The Morgan fingerprint density at radius 2 is 2.11 bits per heavy atom. The molecular formula is C14H20N2OS. The van der Waals surface area contributed by atoms with E-state index in [2.05, 4.69) is 42.3 Å². The van der Waals surface area contributed by atoms with Gasteiger partial charge < -0.3 is 10.1 Å². The summed E-state index contributed by atoms with van der Waals surface area (Å²) in [6, 6.07) is 9.00. The van der Waals surface area contributed by atoms with Crippen molar-refractivity contribution < 1.29 is 4.74 Å². The third kappa shape index (κ3) is 3.28. The van der Waals surface area contributed by atoms with Crippen molar-refractivity contribution in [1.29, 1.82) is 0 Å². The predicted molar refractivity (Wildman–Crippen MR) is 77.1 cm³/mol. The van der Waals surface area contributed by atoms with Gasteiger partial charge in [0, 0.05) is 19.8 Å². The summed E-state index contributed by atoms with van der Waals surface area (Å²) in [6.07, 6.45) is 1.02. The van der Waals surface area contributed by atoms with Crippen LogP contribution in [0.3, 0.4) is 0 Å². The molecule has 3 nitrogen and oxygen atoms in total. The number of ether oxygens (including phenoxy) is 1. The molecule has 0 amide bonds. The maximum Gasteiger partial charge on any atom is 0.111 e. The Morgan fingerprint density at radius 1 is 1.33 bits per heavy atom. The molecule has 2 unspecified atom stereocenters. The average Bonchev–Trinajstić information content (AvgIpc) is 2.80. The molecule has 1 aromatic heterocycles. The van der Waals surface area contributed by atoms with Crippen LogP contribution in [0.25, 0.3) is 10.2 Å². The second-order valence-corrected chi connectivity index (χ2v) is 5.65. The molecule has 0 aliphatic carbocycles. The Hall–Kier alpha value is -0.970. The number of thiazole rings is 1. The van der Waals surface area contributed by atoms with Crippen molar-refractivity contribution in [3.05, 3.63) is 29.3 Å². The normalized spacial score (nSPS) is 14.8. The maximum absolute atomic E-state index is 5.09. The minimum absolute atomic E-state index is 0.286. The Kier molecular flexibility index (Phi) is 4.69. The summed E-state index contributed by atoms with van der Waals surface area (Å²) in [7, 11) is 1.74. The van der Waals surface area contributed by atoms with Gasteiger partial charge in [-0.15, -0.1) is 11.3 Å². The van der Waals surface area contributed by atoms with Gasteiger partial charge >= 0.3 is 0 Å². The summed E-state index contributed by atoms with van der Waals surface area (Å²) in [6.45, 7) is 5.14. The largest absolute Gasteiger partial charge is 0.385 e. The van der Waals surface area contributed by atoms with E-state index < -0.39 is 0 Å². The highest BCUT2D eigenvalue weighted by atomic mass is 32.1. The van der Waals surface area contributed by atoms with Crippen molar-refractivity contribution in [2.24, 2.45) is 0 Å². The zero-order chi connectivity index (χ0) is 13.0. The van der Waals surface area contributed by atoms with Gasteiger partial charge in [-0.2, -0.15) is 0 Å². The van der Waals surface area contributed by atoms with Crippen molar-refractivity contribution in [3.8, 4) is 0 Å². The molecule has 4 heteroatoms. The molecule has 0 fully saturated rings. The molecule has 2 rings (SSSR count). The number of hydrogen-bond acceptors (Lipinski definition) is 4. The van der Waals surface area contributed by atoms with Crippen LogP contribution < -0.4 is 5.32 Å². The topological polar surface area (TPSA) is 34.1 Å². The molecule has 0 radical (unpaired) electrons. The maximum atomic E-state index is 5.09. The molecule has 98 valence electrons. The van der Waals surface area contributed by atoms with Crippen molar-refractivity contribution >= 4 is 21.6 Å². The monoisotopic (exact) mass is 264 g/mol. The lowest BCUT2D eigenvalue weighted by Gasteiger charge is -2.17. The average molecular weight is 264 g/mol. The van der Waals surface area contributed by atoms with Gasteiger partial charge in [0.05, 0.1) is 16.3 Å². The van der Waals surface area contributed by atoms with Crippen LogP contribution in [0.2, 0.25) is 0 Å². The second kappa shape index (κ2) is 6.27. The summed E-state index contributed by atoms with van der Waals surface area (Å²) in [5.74, 6) is 0. The Balaban J connectivity index is 2.01. The third-order valence-corrected chi connectivity index (χ3v) is 4.19. The molecule has 1 N–H and O–H groups in total. The van der Waals surface area contributed by atoms with E-state index in [1.165, 1.54) is 4.70 Å². The van der Waals surface area contributed by atoms with Crippen LogP contribution in [-0.4, -0.2) is 24.7 Å². The highest BCUT2D eigenvalue weighted by molar-refractivity contribution is 7.18. The molecule has 0 bridgehead atoms. The van der Waals surface area contributed by atoms with Gasteiger partial charge in [-0.3, -0.25) is 0 Å². The number of hydrogen-bond donors (Lipinski definition) is 1. The number of benzene rings is 1. The molecule has 1 heterocycles. The Morgan fingerprint density at radius 3 is 2.83 bits per heavy atom. The Bertz CT molecular complexity index is 464. The van der Waals surface area contributed by atoms with Gasteiger partial charge in [0.1, 0.15) is 5.01 Å². The summed E-state index contributed by atoms with van der Waals surface area (Å²) >= 11 is 1.77. The van der Waals surface area contributed by atoms with E-state index in [9.17, 15) is 0 Å². The van der Waals surface area contributed by atoms with E-state index in [-0.39, 0.29) is 6.04 Å². The highest BCUT2D eigenvalue weighted by Crippen LogP contribution is 2.26. The molecule has 0 spiro atoms. The number of methoxy groups -OCH3 is 1. The van der Waals surface area contributed by atoms with E-state index in [1.807, 2.05) is 6.07 Å². The van der Waals surface area contributed by atoms with Crippen molar-refractivity contribution in [1.82, 2.24) is 10.3 Å². The summed E-state index contributed by atoms with van der Waals surface area (Å²) in [4.78, 5) is 4.67. The zero-order valence-electron chi connectivity index (χ0n) is 11.1. The Labute approximate surface area is 112 Å². The molecule has 2 aromatic rings. The van der Waals surface area contributed by atoms with Gasteiger partial charge in [-0.25, -0.2) is 4.98 Å². The fourth-order valence-corrected chi connectivity index (χ4v) is 2.93. The molecule has 1 aromatic carbocycles. The SMILES string of the molecule is COCCC(C)NC(C)c1nc2ccccc2s1. The fraction of sp³-hybridized carbons (Fsp3) is 0.500.